The first-order valence-electron chi connectivity index (χ1n) is 9.00. The molecule has 0 saturated heterocycles. The Morgan fingerprint density at radius 3 is 2.93 bits per heavy atom. The number of carbonyl (C=O) groups excluding carboxylic acids is 1. The number of hydrazone groups is 1. The third-order valence-corrected chi connectivity index (χ3v) is 4.98. The lowest BCUT2D eigenvalue weighted by Gasteiger charge is -2.24. The van der Waals surface area contributed by atoms with Gasteiger partial charge in [0.05, 0.1) is 12.1 Å². The zero-order valence-corrected chi connectivity index (χ0v) is 15.4. The molecule has 3 aromatic rings. The first-order chi connectivity index (χ1) is 13.6. The van der Waals surface area contributed by atoms with Crippen molar-refractivity contribution in [1.82, 2.24) is 9.90 Å². The maximum absolute atomic E-state index is 12.9. The standard InChI is InChI=1S/C20H20BN5O2/c1-26-21(28)19-5-3-14(8-16(19)12-24-26)18(10-22)20(27)25-17-4-2-15-11-23-7-6-13(15)9-17/h2-9,11-12,18,28H,10,22H2,1H3,(H,25,27). The average Bonchev–Trinajstić information content (AvgIpc) is 2.71. The van der Waals surface area contributed by atoms with Crippen LogP contribution < -0.4 is 16.5 Å². The van der Waals surface area contributed by atoms with Crippen LogP contribution in [-0.4, -0.2) is 47.7 Å². The zero-order chi connectivity index (χ0) is 19.7. The van der Waals surface area contributed by atoms with Gasteiger partial charge in [0.2, 0.25) is 5.91 Å². The largest absolute Gasteiger partial charge is 0.466 e. The van der Waals surface area contributed by atoms with Gasteiger partial charge in [-0.15, -0.1) is 0 Å². The molecule has 1 atom stereocenters. The Bertz CT molecular complexity index is 1070. The molecule has 4 N–H and O–H groups in total. The highest BCUT2D eigenvalue weighted by Gasteiger charge is 2.28. The third kappa shape index (κ3) is 3.35. The highest BCUT2D eigenvalue weighted by Crippen LogP contribution is 2.22. The van der Waals surface area contributed by atoms with E-state index < -0.39 is 13.0 Å². The van der Waals surface area contributed by atoms with Crippen LogP contribution in [0.15, 0.2) is 60.0 Å². The average molecular weight is 373 g/mol. The van der Waals surface area contributed by atoms with Gasteiger partial charge in [-0.3, -0.25) is 9.78 Å². The van der Waals surface area contributed by atoms with Gasteiger partial charge >= 0.3 is 7.05 Å². The summed E-state index contributed by atoms with van der Waals surface area (Å²) in [6.45, 7) is 0.168. The number of aromatic nitrogens is 1. The Balaban J connectivity index is 1.58. The van der Waals surface area contributed by atoms with Crippen molar-refractivity contribution < 1.29 is 9.82 Å². The van der Waals surface area contributed by atoms with Crippen molar-refractivity contribution in [3.8, 4) is 0 Å². The normalized spacial score (nSPS) is 14.1. The van der Waals surface area contributed by atoms with Crippen molar-refractivity contribution in [2.75, 3.05) is 18.9 Å². The molecule has 1 aliphatic rings. The van der Waals surface area contributed by atoms with E-state index >= 15 is 0 Å². The zero-order valence-electron chi connectivity index (χ0n) is 15.4. The lowest BCUT2D eigenvalue weighted by Crippen LogP contribution is -2.48. The Labute approximate surface area is 163 Å². The summed E-state index contributed by atoms with van der Waals surface area (Å²) in [5, 5.41) is 19.3. The van der Waals surface area contributed by atoms with Gasteiger partial charge in [-0.25, -0.2) is 0 Å². The lowest BCUT2D eigenvalue weighted by atomic mass is 9.69. The van der Waals surface area contributed by atoms with Gasteiger partial charge in [0.25, 0.3) is 0 Å². The van der Waals surface area contributed by atoms with Crippen molar-refractivity contribution in [3.63, 3.8) is 0 Å². The van der Waals surface area contributed by atoms with Crippen LogP contribution in [0.5, 0.6) is 0 Å². The molecule has 8 heteroatoms. The molecule has 28 heavy (non-hydrogen) atoms. The van der Waals surface area contributed by atoms with Gasteiger partial charge in [0.15, 0.2) is 0 Å². The van der Waals surface area contributed by atoms with Crippen molar-refractivity contribution in [2.45, 2.75) is 5.92 Å². The maximum Gasteiger partial charge on any atom is 0.466 e. The summed E-state index contributed by atoms with van der Waals surface area (Å²) in [4.78, 5) is 18.4. The second-order valence-corrected chi connectivity index (χ2v) is 6.80. The van der Waals surface area contributed by atoms with E-state index in [-0.39, 0.29) is 12.5 Å². The third-order valence-electron chi connectivity index (χ3n) is 4.98. The minimum atomic E-state index is -0.800. The number of nitrogens with two attached hydrogens (primary N) is 1. The Morgan fingerprint density at radius 1 is 1.25 bits per heavy atom. The van der Waals surface area contributed by atoms with E-state index in [1.54, 1.807) is 25.7 Å². The predicted molar refractivity (Wildman–Crippen MR) is 112 cm³/mol. The summed E-state index contributed by atoms with van der Waals surface area (Å²) in [7, 11) is 0.902. The van der Waals surface area contributed by atoms with E-state index in [4.69, 9.17) is 5.73 Å². The van der Waals surface area contributed by atoms with Gasteiger partial charge in [-0.2, -0.15) is 5.10 Å². The number of fused-ring (bicyclic) bond motifs is 2. The van der Waals surface area contributed by atoms with Crippen molar-refractivity contribution in [3.05, 3.63) is 66.0 Å². The molecule has 0 aliphatic carbocycles. The minimum Gasteiger partial charge on any atom is -0.428 e. The van der Waals surface area contributed by atoms with Gasteiger partial charge in [0.1, 0.15) is 0 Å². The number of rotatable bonds is 4. The van der Waals surface area contributed by atoms with Crippen molar-refractivity contribution in [2.24, 2.45) is 10.8 Å². The number of nitrogens with one attached hydrogen (secondary N) is 1. The van der Waals surface area contributed by atoms with Crippen LogP contribution in [0.2, 0.25) is 0 Å². The number of carbonyl (C=O) groups is 1. The topological polar surface area (TPSA) is 104 Å². The fourth-order valence-electron chi connectivity index (χ4n) is 3.36. The number of benzene rings is 2. The smallest absolute Gasteiger partial charge is 0.428 e. The van der Waals surface area contributed by atoms with Crippen LogP contribution in [0.3, 0.4) is 0 Å². The lowest BCUT2D eigenvalue weighted by molar-refractivity contribution is -0.117. The Kier molecular flexibility index (Phi) is 4.81. The second-order valence-electron chi connectivity index (χ2n) is 6.80. The number of anilines is 1. The molecular weight excluding hydrogens is 353 g/mol. The fraction of sp³-hybridized carbons (Fsp3) is 0.150. The van der Waals surface area contributed by atoms with Gasteiger partial charge in [-0.05, 0) is 46.2 Å². The van der Waals surface area contributed by atoms with Crippen LogP contribution in [0.25, 0.3) is 10.8 Å². The molecule has 0 spiro atoms. The van der Waals surface area contributed by atoms with E-state index in [1.165, 1.54) is 4.92 Å². The number of pyridine rings is 1. The van der Waals surface area contributed by atoms with Gasteiger partial charge < -0.3 is 21.0 Å². The predicted octanol–water partition coefficient (Wildman–Crippen LogP) is 0.883. The molecule has 7 nitrogen and oxygen atoms in total. The molecule has 140 valence electrons. The molecule has 0 fully saturated rings. The van der Waals surface area contributed by atoms with Crippen LogP contribution in [0, 0.1) is 0 Å². The van der Waals surface area contributed by atoms with Crippen LogP contribution in [0.1, 0.15) is 17.0 Å². The molecule has 0 radical (unpaired) electrons. The SMILES string of the molecule is CN1N=Cc2cc(C(CN)C(=O)Nc3ccc4cnccc4c3)ccc2B1O. The molecule has 0 saturated carbocycles. The first kappa shape index (κ1) is 18.2. The molecule has 1 aromatic heterocycles. The second kappa shape index (κ2) is 7.42. The van der Waals surface area contributed by atoms with Crippen LogP contribution >= 0.6 is 0 Å². The molecule has 1 unspecified atom stereocenters. The summed E-state index contributed by atoms with van der Waals surface area (Å²) in [6.07, 6.45) is 5.18. The molecule has 2 heterocycles. The number of nitrogens with zero attached hydrogens (tertiary/aromatic N) is 3. The molecule has 0 bridgehead atoms. The molecule has 1 aliphatic heterocycles. The van der Waals surface area contributed by atoms with E-state index in [9.17, 15) is 9.82 Å². The Morgan fingerprint density at radius 2 is 2.11 bits per heavy atom. The van der Waals surface area contributed by atoms with Crippen molar-refractivity contribution in [1.29, 1.82) is 0 Å². The summed E-state index contributed by atoms with van der Waals surface area (Å²) in [6, 6.07) is 13.1. The first-order valence-corrected chi connectivity index (χ1v) is 9.00. The van der Waals surface area contributed by atoms with Crippen LogP contribution in [0.4, 0.5) is 5.69 Å². The highest BCUT2D eigenvalue weighted by atomic mass is 16.2. The van der Waals surface area contributed by atoms with Crippen LogP contribution in [-0.2, 0) is 4.79 Å². The van der Waals surface area contributed by atoms with E-state index in [0.717, 1.165) is 27.4 Å². The molecule has 4 rings (SSSR count). The maximum atomic E-state index is 12.9. The quantitative estimate of drug-likeness (QED) is 0.589. The molecule has 2 aromatic carbocycles. The summed E-state index contributed by atoms with van der Waals surface area (Å²) >= 11 is 0. The molecular formula is C20H20BN5O2. The number of amides is 1. The van der Waals surface area contributed by atoms with Gasteiger partial charge in [0, 0.05) is 37.1 Å². The fourth-order valence-corrected chi connectivity index (χ4v) is 3.36. The summed E-state index contributed by atoms with van der Waals surface area (Å²) < 4.78 is 0. The Hall–Kier alpha value is -3.23. The van der Waals surface area contributed by atoms with Crippen molar-refractivity contribution >= 4 is 41.1 Å². The highest BCUT2D eigenvalue weighted by molar-refractivity contribution is 6.65. The molecule has 1 amide bonds. The van der Waals surface area contributed by atoms with E-state index in [2.05, 4.69) is 15.4 Å². The monoisotopic (exact) mass is 373 g/mol. The van der Waals surface area contributed by atoms with E-state index in [1.807, 2.05) is 42.5 Å². The van der Waals surface area contributed by atoms with E-state index in [0.29, 0.717) is 5.69 Å². The summed E-state index contributed by atoms with van der Waals surface area (Å²) in [5.41, 5.74) is 8.94. The number of hydrogen-bond acceptors (Lipinski definition) is 6. The number of hydrogen-bond donors (Lipinski definition) is 3. The minimum absolute atomic E-state index is 0.168. The van der Waals surface area contributed by atoms with Gasteiger partial charge in [-0.1, -0.05) is 18.2 Å². The summed E-state index contributed by atoms with van der Waals surface area (Å²) in [5.74, 6) is -0.690.